The van der Waals surface area contributed by atoms with Gasteiger partial charge in [0.05, 0.1) is 5.56 Å². The molecule has 0 radical (unpaired) electrons. The molecule has 2 aromatic carbocycles. The van der Waals surface area contributed by atoms with E-state index in [2.05, 4.69) is 0 Å². The molecule has 19 heavy (non-hydrogen) atoms. The summed E-state index contributed by atoms with van der Waals surface area (Å²) >= 11 is 0. The van der Waals surface area contributed by atoms with Gasteiger partial charge in [-0.3, -0.25) is 9.59 Å². The van der Waals surface area contributed by atoms with Crippen LogP contribution >= 0.6 is 0 Å². The number of ketones is 1. The van der Waals surface area contributed by atoms with Gasteiger partial charge in [0.2, 0.25) is 0 Å². The van der Waals surface area contributed by atoms with Crippen molar-refractivity contribution in [3.05, 3.63) is 59.2 Å². The number of hydrogen-bond acceptors (Lipinski definition) is 2. The SMILES string of the molecule is CC(=O)c1cccc(-c2cc(F)ccc2C=O)c1F. The van der Waals surface area contributed by atoms with Crippen LogP contribution < -0.4 is 0 Å². The minimum absolute atomic E-state index is 0.0364. The second-order valence-electron chi connectivity index (χ2n) is 4.07. The first kappa shape index (κ1) is 13.1. The van der Waals surface area contributed by atoms with E-state index in [9.17, 15) is 18.4 Å². The van der Waals surface area contributed by atoms with Gasteiger partial charge in [0.1, 0.15) is 11.6 Å². The van der Waals surface area contributed by atoms with Crippen molar-refractivity contribution in [2.45, 2.75) is 6.92 Å². The maximum absolute atomic E-state index is 14.2. The zero-order valence-electron chi connectivity index (χ0n) is 10.1. The molecule has 0 heterocycles. The van der Waals surface area contributed by atoms with E-state index in [-0.39, 0.29) is 22.3 Å². The Balaban J connectivity index is 2.72. The lowest BCUT2D eigenvalue weighted by Crippen LogP contribution is -2.00. The van der Waals surface area contributed by atoms with E-state index in [0.717, 1.165) is 12.1 Å². The van der Waals surface area contributed by atoms with E-state index in [0.29, 0.717) is 6.29 Å². The van der Waals surface area contributed by atoms with Gasteiger partial charge >= 0.3 is 0 Å². The Morgan fingerprint density at radius 3 is 2.47 bits per heavy atom. The summed E-state index contributed by atoms with van der Waals surface area (Å²) in [5, 5.41) is 0. The number of aldehydes is 1. The van der Waals surface area contributed by atoms with Gasteiger partial charge in [-0.15, -0.1) is 0 Å². The third-order valence-corrected chi connectivity index (χ3v) is 2.81. The summed E-state index contributed by atoms with van der Waals surface area (Å²) in [6.07, 6.45) is 0.522. The average molecular weight is 260 g/mol. The normalized spacial score (nSPS) is 10.3. The van der Waals surface area contributed by atoms with Crippen LogP contribution in [0.2, 0.25) is 0 Å². The van der Waals surface area contributed by atoms with Crippen LogP contribution in [0.15, 0.2) is 36.4 Å². The van der Waals surface area contributed by atoms with Crippen LogP contribution in [0, 0.1) is 11.6 Å². The Morgan fingerprint density at radius 1 is 1.11 bits per heavy atom. The van der Waals surface area contributed by atoms with Crippen molar-refractivity contribution < 1.29 is 18.4 Å². The zero-order valence-corrected chi connectivity index (χ0v) is 10.1. The molecule has 2 nitrogen and oxygen atoms in total. The molecule has 0 saturated heterocycles. The highest BCUT2D eigenvalue weighted by atomic mass is 19.1. The molecule has 0 bridgehead atoms. The van der Waals surface area contributed by atoms with Gasteiger partial charge in [0.25, 0.3) is 0 Å². The lowest BCUT2D eigenvalue weighted by Gasteiger charge is -2.09. The highest BCUT2D eigenvalue weighted by molar-refractivity contribution is 5.96. The molecule has 4 heteroatoms. The van der Waals surface area contributed by atoms with Gasteiger partial charge in [0.15, 0.2) is 12.1 Å². The summed E-state index contributed by atoms with van der Waals surface area (Å²) in [7, 11) is 0. The molecule has 0 aliphatic carbocycles. The molecule has 0 atom stereocenters. The summed E-state index contributed by atoms with van der Waals surface area (Å²) in [4.78, 5) is 22.2. The lowest BCUT2D eigenvalue weighted by atomic mass is 9.97. The molecule has 0 aliphatic rings. The summed E-state index contributed by atoms with van der Waals surface area (Å²) < 4.78 is 27.5. The van der Waals surface area contributed by atoms with E-state index in [1.54, 1.807) is 0 Å². The van der Waals surface area contributed by atoms with Gasteiger partial charge in [0, 0.05) is 11.1 Å². The molecule has 0 spiro atoms. The van der Waals surface area contributed by atoms with Crippen molar-refractivity contribution in [2.75, 3.05) is 0 Å². The van der Waals surface area contributed by atoms with Crippen LogP contribution in [0.1, 0.15) is 27.6 Å². The fraction of sp³-hybridized carbons (Fsp3) is 0.0667. The predicted octanol–water partition coefficient (Wildman–Crippen LogP) is 3.65. The summed E-state index contributed by atoms with van der Waals surface area (Å²) in [5.74, 6) is -1.75. The molecule has 0 unspecified atom stereocenters. The first-order valence-electron chi connectivity index (χ1n) is 5.59. The Hall–Kier alpha value is -2.36. The van der Waals surface area contributed by atoms with Crippen molar-refractivity contribution in [1.29, 1.82) is 0 Å². The maximum Gasteiger partial charge on any atom is 0.162 e. The molecule has 0 saturated carbocycles. The standard InChI is InChI=1S/C15H10F2O2/c1-9(19)12-3-2-4-13(15(12)17)14-7-11(16)6-5-10(14)8-18/h2-8H,1H3. The number of benzene rings is 2. The third-order valence-electron chi connectivity index (χ3n) is 2.81. The van der Waals surface area contributed by atoms with Crippen molar-refractivity contribution in [3.8, 4) is 11.1 Å². The highest BCUT2D eigenvalue weighted by Gasteiger charge is 2.15. The van der Waals surface area contributed by atoms with Gasteiger partial charge in [-0.2, -0.15) is 0 Å². The van der Waals surface area contributed by atoms with Crippen molar-refractivity contribution in [2.24, 2.45) is 0 Å². The van der Waals surface area contributed by atoms with Crippen LogP contribution in [-0.2, 0) is 0 Å². The Morgan fingerprint density at radius 2 is 1.84 bits per heavy atom. The van der Waals surface area contributed by atoms with Gasteiger partial charge < -0.3 is 0 Å². The molecule has 2 rings (SSSR count). The fourth-order valence-corrected chi connectivity index (χ4v) is 1.88. The summed E-state index contributed by atoms with van der Waals surface area (Å²) in [5.41, 5.74) is 0.254. The van der Waals surface area contributed by atoms with Crippen LogP contribution in [0.4, 0.5) is 8.78 Å². The molecular weight excluding hydrogens is 250 g/mol. The monoisotopic (exact) mass is 260 g/mol. The Bertz CT molecular complexity index is 663. The topological polar surface area (TPSA) is 34.1 Å². The van der Waals surface area contributed by atoms with Crippen molar-refractivity contribution in [1.82, 2.24) is 0 Å². The third kappa shape index (κ3) is 2.42. The molecule has 0 N–H and O–H groups in total. The van der Waals surface area contributed by atoms with Crippen molar-refractivity contribution >= 4 is 12.1 Å². The summed E-state index contributed by atoms with van der Waals surface area (Å²) in [6, 6.07) is 7.73. The number of Topliss-reactive ketones (excluding diaryl/α,β-unsaturated/α-hetero) is 1. The minimum atomic E-state index is -0.747. The van der Waals surface area contributed by atoms with E-state index in [4.69, 9.17) is 0 Å². The number of carbonyl (C=O) groups is 2. The lowest BCUT2D eigenvalue weighted by molar-refractivity contribution is 0.101. The number of hydrogen-bond donors (Lipinski definition) is 0. The first-order chi connectivity index (χ1) is 9.04. The fourth-order valence-electron chi connectivity index (χ4n) is 1.88. The first-order valence-corrected chi connectivity index (χ1v) is 5.59. The minimum Gasteiger partial charge on any atom is -0.298 e. The van der Waals surface area contributed by atoms with Crippen LogP contribution in [0.3, 0.4) is 0 Å². The smallest absolute Gasteiger partial charge is 0.162 e. The second-order valence-corrected chi connectivity index (χ2v) is 4.07. The summed E-state index contributed by atoms with van der Waals surface area (Å²) in [6.45, 7) is 1.24. The number of halogens is 2. The van der Waals surface area contributed by atoms with Crippen LogP contribution in [0.25, 0.3) is 11.1 Å². The van der Waals surface area contributed by atoms with Crippen molar-refractivity contribution in [3.63, 3.8) is 0 Å². The largest absolute Gasteiger partial charge is 0.298 e. The Kier molecular flexibility index (Phi) is 3.51. The molecule has 2 aromatic rings. The Labute approximate surface area is 108 Å². The quantitative estimate of drug-likeness (QED) is 0.623. The van der Waals surface area contributed by atoms with Gasteiger partial charge in [-0.1, -0.05) is 12.1 Å². The molecular formula is C15H10F2O2. The van der Waals surface area contributed by atoms with Gasteiger partial charge in [-0.05, 0) is 36.8 Å². The molecule has 0 aliphatic heterocycles. The predicted molar refractivity (Wildman–Crippen MR) is 67.2 cm³/mol. The molecule has 0 fully saturated rings. The maximum atomic E-state index is 14.2. The number of carbonyl (C=O) groups excluding carboxylic acids is 2. The van der Waals surface area contributed by atoms with E-state index >= 15 is 0 Å². The van der Waals surface area contributed by atoms with Crippen LogP contribution in [-0.4, -0.2) is 12.1 Å². The van der Waals surface area contributed by atoms with E-state index in [1.807, 2.05) is 0 Å². The number of rotatable bonds is 3. The van der Waals surface area contributed by atoms with E-state index < -0.39 is 17.4 Å². The average Bonchev–Trinajstić information content (AvgIpc) is 2.38. The second kappa shape index (κ2) is 5.10. The molecule has 0 amide bonds. The molecule has 96 valence electrons. The zero-order chi connectivity index (χ0) is 14.0. The van der Waals surface area contributed by atoms with E-state index in [1.165, 1.54) is 31.2 Å². The van der Waals surface area contributed by atoms with Gasteiger partial charge in [-0.25, -0.2) is 8.78 Å². The molecule has 0 aromatic heterocycles. The van der Waals surface area contributed by atoms with Crippen LogP contribution in [0.5, 0.6) is 0 Å². The highest BCUT2D eigenvalue weighted by Crippen LogP contribution is 2.28.